The van der Waals surface area contributed by atoms with Crippen molar-refractivity contribution in [2.45, 2.75) is 38.5 Å². The van der Waals surface area contributed by atoms with E-state index in [4.69, 9.17) is 0 Å². The summed E-state index contributed by atoms with van der Waals surface area (Å²) in [4.78, 5) is 26.5. The highest BCUT2D eigenvalue weighted by Gasteiger charge is 2.02. The van der Waals surface area contributed by atoms with Crippen LogP contribution in [0, 0.1) is 0 Å². The predicted molar refractivity (Wildman–Crippen MR) is 74.6 cm³/mol. The maximum atomic E-state index is 11.6. The maximum Gasteiger partial charge on any atom is 0.224 e. The summed E-state index contributed by atoms with van der Waals surface area (Å²) in [7, 11) is 1.64. The molecule has 0 spiro atoms. The number of amides is 2. The van der Waals surface area contributed by atoms with E-state index in [0.29, 0.717) is 12.8 Å². The van der Waals surface area contributed by atoms with E-state index in [1.165, 1.54) is 0 Å². The smallest absolute Gasteiger partial charge is 0.224 e. The SMILES string of the molecule is CNC(=O)CCCCCCC(=O)Nc1cccnc1. The molecule has 0 aromatic carbocycles. The summed E-state index contributed by atoms with van der Waals surface area (Å²) in [6, 6.07) is 3.60. The van der Waals surface area contributed by atoms with E-state index in [2.05, 4.69) is 15.6 Å². The fraction of sp³-hybridized carbons (Fsp3) is 0.500. The Morgan fingerprint density at radius 2 is 1.79 bits per heavy atom. The fourth-order valence-electron chi connectivity index (χ4n) is 1.71. The quantitative estimate of drug-likeness (QED) is 0.706. The number of rotatable bonds is 8. The van der Waals surface area contributed by atoms with Gasteiger partial charge in [0.1, 0.15) is 0 Å². The van der Waals surface area contributed by atoms with Gasteiger partial charge < -0.3 is 10.6 Å². The molecule has 1 aromatic rings. The first-order valence-corrected chi connectivity index (χ1v) is 6.63. The van der Waals surface area contributed by atoms with Crippen molar-refractivity contribution in [3.63, 3.8) is 0 Å². The van der Waals surface area contributed by atoms with Crippen molar-refractivity contribution in [3.05, 3.63) is 24.5 Å². The summed E-state index contributed by atoms with van der Waals surface area (Å²) >= 11 is 0. The van der Waals surface area contributed by atoms with Crippen molar-refractivity contribution in [2.24, 2.45) is 0 Å². The number of aromatic nitrogens is 1. The van der Waals surface area contributed by atoms with Crippen LogP contribution in [0.4, 0.5) is 5.69 Å². The number of nitrogens with zero attached hydrogens (tertiary/aromatic N) is 1. The molecule has 19 heavy (non-hydrogen) atoms. The van der Waals surface area contributed by atoms with Crippen LogP contribution in [0.15, 0.2) is 24.5 Å². The van der Waals surface area contributed by atoms with Crippen molar-refractivity contribution in [2.75, 3.05) is 12.4 Å². The van der Waals surface area contributed by atoms with Gasteiger partial charge in [-0.15, -0.1) is 0 Å². The summed E-state index contributed by atoms with van der Waals surface area (Å²) in [5, 5.41) is 5.39. The molecular weight excluding hydrogens is 242 g/mol. The summed E-state index contributed by atoms with van der Waals surface area (Å²) < 4.78 is 0. The fourth-order valence-corrected chi connectivity index (χ4v) is 1.71. The molecule has 2 amide bonds. The van der Waals surface area contributed by atoms with Crippen molar-refractivity contribution >= 4 is 17.5 Å². The van der Waals surface area contributed by atoms with E-state index in [-0.39, 0.29) is 11.8 Å². The number of carbonyl (C=O) groups excluding carboxylic acids is 2. The molecular formula is C14H21N3O2. The Kier molecular flexibility index (Phi) is 7.24. The highest BCUT2D eigenvalue weighted by molar-refractivity contribution is 5.90. The zero-order valence-electron chi connectivity index (χ0n) is 11.3. The van der Waals surface area contributed by atoms with Gasteiger partial charge in [-0.05, 0) is 25.0 Å². The van der Waals surface area contributed by atoms with Crippen molar-refractivity contribution in [3.8, 4) is 0 Å². The van der Waals surface area contributed by atoms with Gasteiger partial charge in [-0.25, -0.2) is 0 Å². The highest BCUT2D eigenvalue weighted by atomic mass is 16.2. The first-order chi connectivity index (χ1) is 9.22. The number of hydrogen-bond acceptors (Lipinski definition) is 3. The molecule has 0 aliphatic carbocycles. The molecule has 0 atom stereocenters. The second-order valence-electron chi connectivity index (χ2n) is 4.38. The topological polar surface area (TPSA) is 71.1 Å². The number of nitrogens with one attached hydrogen (secondary N) is 2. The van der Waals surface area contributed by atoms with E-state index in [9.17, 15) is 9.59 Å². The molecule has 5 nitrogen and oxygen atoms in total. The van der Waals surface area contributed by atoms with Crippen LogP contribution in [0.1, 0.15) is 38.5 Å². The molecule has 104 valence electrons. The summed E-state index contributed by atoms with van der Waals surface area (Å²) in [6.45, 7) is 0. The van der Waals surface area contributed by atoms with Gasteiger partial charge in [0.2, 0.25) is 11.8 Å². The van der Waals surface area contributed by atoms with Gasteiger partial charge in [-0.2, -0.15) is 0 Å². The van der Waals surface area contributed by atoms with Crippen LogP contribution in [-0.4, -0.2) is 23.8 Å². The van der Waals surface area contributed by atoms with Crippen molar-refractivity contribution in [1.82, 2.24) is 10.3 Å². The molecule has 1 heterocycles. The van der Waals surface area contributed by atoms with Gasteiger partial charge in [-0.3, -0.25) is 14.6 Å². The average Bonchev–Trinajstić information content (AvgIpc) is 2.43. The largest absolute Gasteiger partial charge is 0.359 e. The van der Waals surface area contributed by atoms with E-state index >= 15 is 0 Å². The molecule has 0 aliphatic rings. The molecule has 0 unspecified atom stereocenters. The Bertz CT molecular complexity index is 393. The number of hydrogen-bond donors (Lipinski definition) is 2. The second kappa shape index (κ2) is 9.08. The number of carbonyl (C=O) groups is 2. The van der Waals surface area contributed by atoms with E-state index in [1.54, 1.807) is 25.5 Å². The van der Waals surface area contributed by atoms with Crippen molar-refractivity contribution in [1.29, 1.82) is 0 Å². The van der Waals surface area contributed by atoms with Crippen LogP contribution in [0.3, 0.4) is 0 Å². The molecule has 1 aromatic heterocycles. The number of pyridine rings is 1. The molecule has 1 rings (SSSR count). The molecule has 0 aliphatic heterocycles. The lowest BCUT2D eigenvalue weighted by Gasteiger charge is -2.04. The Labute approximate surface area is 113 Å². The molecule has 0 bridgehead atoms. The van der Waals surface area contributed by atoms with E-state index < -0.39 is 0 Å². The summed E-state index contributed by atoms with van der Waals surface area (Å²) in [5.74, 6) is 0.0913. The van der Waals surface area contributed by atoms with Gasteiger partial charge >= 0.3 is 0 Å². The van der Waals surface area contributed by atoms with Crippen LogP contribution in [-0.2, 0) is 9.59 Å². The lowest BCUT2D eigenvalue weighted by atomic mass is 10.1. The summed E-state index contributed by atoms with van der Waals surface area (Å²) in [6.07, 6.45) is 8.05. The van der Waals surface area contributed by atoms with E-state index in [1.807, 2.05) is 6.07 Å². The maximum absolute atomic E-state index is 11.6. The predicted octanol–water partition coefficient (Wildman–Crippen LogP) is 2.11. The first-order valence-electron chi connectivity index (χ1n) is 6.63. The Hall–Kier alpha value is -1.91. The minimum absolute atomic E-state index is 0.0132. The van der Waals surface area contributed by atoms with Gasteiger partial charge in [0.05, 0.1) is 11.9 Å². The number of unbranched alkanes of at least 4 members (excludes halogenated alkanes) is 3. The van der Waals surface area contributed by atoms with Crippen LogP contribution in [0.2, 0.25) is 0 Å². The lowest BCUT2D eigenvalue weighted by Crippen LogP contribution is -2.16. The number of anilines is 1. The minimum Gasteiger partial charge on any atom is -0.359 e. The molecule has 2 N–H and O–H groups in total. The van der Waals surface area contributed by atoms with Gasteiger partial charge in [-0.1, -0.05) is 12.8 Å². The monoisotopic (exact) mass is 263 g/mol. The van der Waals surface area contributed by atoms with Crippen LogP contribution in [0.5, 0.6) is 0 Å². The molecule has 0 fully saturated rings. The Balaban J connectivity index is 2.03. The van der Waals surface area contributed by atoms with Gasteiger partial charge in [0.25, 0.3) is 0 Å². The van der Waals surface area contributed by atoms with Gasteiger partial charge in [0, 0.05) is 26.1 Å². The highest BCUT2D eigenvalue weighted by Crippen LogP contribution is 2.08. The van der Waals surface area contributed by atoms with Crippen LogP contribution >= 0.6 is 0 Å². The average molecular weight is 263 g/mol. The molecule has 0 saturated heterocycles. The van der Waals surface area contributed by atoms with Gasteiger partial charge in [0.15, 0.2) is 0 Å². The molecule has 0 radical (unpaired) electrons. The molecule has 5 heteroatoms. The lowest BCUT2D eigenvalue weighted by molar-refractivity contribution is -0.120. The minimum atomic E-state index is 0.0132. The Morgan fingerprint density at radius 3 is 2.37 bits per heavy atom. The van der Waals surface area contributed by atoms with Crippen molar-refractivity contribution < 1.29 is 9.59 Å². The Morgan fingerprint density at radius 1 is 1.11 bits per heavy atom. The van der Waals surface area contributed by atoms with Crippen LogP contribution in [0.25, 0.3) is 0 Å². The third-order valence-electron chi connectivity index (χ3n) is 2.78. The van der Waals surface area contributed by atoms with Crippen LogP contribution < -0.4 is 10.6 Å². The molecule has 0 saturated carbocycles. The second-order valence-corrected chi connectivity index (χ2v) is 4.38. The zero-order chi connectivity index (χ0) is 13.9. The third-order valence-corrected chi connectivity index (χ3v) is 2.78. The third kappa shape index (κ3) is 7.18. The zero-order valence-corrected chi connectivity index (χ0v) is 11.3. The standard InChI is InChI=1S/C14H21N3O2/c1-15-13(18)8-4-2-3-5-9-14(19)17-12-7-6-10-16-11-12/h6-7,10-11H,2-5,8-9H2,1H3,(H,15,18)(H,17,19). The summed E-state index contributed by atoms with van der Waals surface area (Å²) in [5.41, 5.74) is 0.729. The normalized spacial score (nSPS) is 9.95. The first kappa shape index (κ1) is 15.1. The van der Waals surface area contributed by atoms with E-state index in [0.717, 1.165) is 31.4 Å².